The largest absolute Gasteiger partial charge is 0.414 e. The van der Waals surface area contributed by atoms with Crippen molar-refractivity contribution in [2.24, 2.45) is 0 Å². The number of hydrogen-bond acceptors (Lipinski definition) is 5. The standard InChI is InChI=1S/C19H28BNO5Si/c1-19(2,3)27(4,5)24-11-15-14(10-16(20)25-15)26-21-17(22)12-8-6-7-9-13(12)18(21)23/h6-9,14-16H,10-11,20H2,1-5H3/t14?,15-,16-/m1/s1. The number of fused-ring (bicyclic) bond motifs is 1. The van der Waals surface area contributed by atoms with Crippen molar-refractivity contribution >= 4 is 28.0 Å². The lowest BCUT2D eigenvalue weighted by Crippen LogP contribution is -2.45. The van der Waals surface area contributed by atoms with E-state index < -0.39 is 26.2 Å². The van der Waals surface area contributed by atoms with E-state index in [9.17, 15) is 9.59 Å². The van der Waals surface area contributed by atoms with Gasteiger partial charge in [0.25, 0.3) is 11.8 Å². The third-order valence-corrected chi connectivity index (χ3v) is 10.3. The molecule has 146 valence electrons. The molecule has 0 aromatic heterocycles. The van der Waals surface area contributed by atoms with Gasteiger partial charge in [0.2, 0.25) is 0 Å². The Morgan fingerprint density at radius 2 is 1.74 bits per heavy atom. The van der Waals surface area contributed by atoms with Gasteiger partial charge >= 0.3 is 0 Å². The summed E-state index contributed by atoms with van der Waals surface area (Å²) in [5.41, 5.74) is 0.757. The van der Waals surface area contributed by atoms with Gasteiger partial charge in [-0.15, -0.1) is 5.06 Å². The molecule has 27 heavy (non-hydrogen) atoms. The van der Waals surface area contributed by atoms with E-state index in [2.05, 4.69) is 33.9 Å². The summed E-state index contributed by atoms with van der Waals surface area (Å²) in [5.74, 6) is -0.835. The number of nitrogens with zero attached hydrogens (tertiary/aromatic N) is 1. The van der Waals surface area contributed by atoms with Crippen LogP contribution in [0.25, 0.3) is 0 Å². The molecule has 0 saturated carbocycles. The van der Waals surface area contributed by atoms with Crippen molar-refractivity contribution in [1.82, 2.24) is 5.06 Å². The molecule has 0 N–H and O–H groups in total. The van der Waals surface area contributed by atoms with Crippen LogP contribution >= 0.6 is 0 Å². The summed E-state index contributed by atoms with van der Waals surface area (Å²) in [6.45, 7) is 11.3. The smallest absolute Gasteiger partial charge is 0.285 e. The first kappa shape index (κ1) is 20.3. The summed E-state index contributed by atoms with van der Waals surface area (Å²) >= 11 is 0. The number of imide groups is 1. The fourth-order valence-electron chi connectivity index (χ4n) is 3.08. The van der Waals surface area contributed by atoms with Crippen LogP contribution in [0.2, 0.25) is 18.1 Å². The molecule has 2 heterocycles. The van der Waals surface area contributed by atoms with Gasteiger partial charge in [0, 0.05) is 6.00 Å². The second-order valence-electron chi connectivity index (χ2n) is 8.89. The fourth-order valence-corrected chi connectivity index (χ4v) is 4.10. The van der Waals surface area contributed by atoms with Gasteiger partial charge in [-0.1, -0.05) is 32.9 Å². The zero-order valence-electron chi connectivity index (χ0n) is 16.9. The summed E-state index contributed by atoms with van der Waals surface area (Å²) < 4.78 is 12.2. The Morgan fingerprint density at radius 1 is 1.19 bits per heavy atom. The van der Waals surface area contributed by atoms with Gasteiger partial charge in [-0.05, 0) is 36.7 Å². The lowest BCUT2D eigenvalue weighted by molar-refractivity contribution is -0.152. The maximum absolute atomic E-state index is 12.5. The first-order valence-corrected chi connectivity index (χ1v) is 12.4. The van der Waals surface area contributed by atoms with Crippen LogP contribution in [0.15, 0.2) is 24.3 Å². The summed E-state index contributed by atoms with van der Waals surface area (Å²) in [6, 6.07) is 6.75. The highest BCUT2D eigenvalue weighted by Crippen LogP contribution is 2.37. The van der Waals surface area contributed by atoms with Crippen molar-refractivity contribution in [3.8, 4) is 0 Å². The molecule has 1 fully saturated rings. The monoisotopic (exact) mass is 389 g/mol. The molecule has 1 unspecified atom stereocenters. The van der Waals surface area contributed by atoms with E-state index in [1.54, 1.807) is 24.3 Å². The second kappa shape index (κ2) is 7.16. The van der Waals surface area contributed by atoms with Crippen LogP contribution in [-0.4, -0.2) is 57.9 Å². The van der Waals surface area contributed by atoms with Gasteiger partial charge in [0.05, 0.1) is 17.7 Å². The van der Waals surface area contributed by atoms with Gasteiger partial charge in [-0.2, -0.15) is 0 Å². The van der Waals surface area contributed by atoms with Gasteiger partial charge in [-0.3, -0.25) is 14.4 Å². The number of rotatable bonds is 5. The molecule has 0 bridgehead atoms. The van der Waals surface area contributed by atoms with Crippen LogP contribution in [0.3, 0.4) is 0 Å². The Morgan fingerprint density at radius 3 is 2.26 bits per heavy atom. The molecule has 2 amide bonds. The Kier molecular flexibility index (Phi) is 5.38. The van der Waals surface area contributed by atoms with Crippen molar-refractivity contribution in [2.75, 3.05) is 6.61 Å². The highest BCUT2D eigenvalue weighted by atomic mass is 28.4. The summed E-state index contributed by atoms with van der Waals surface area (Å²) in [4.78, 5) is 31.0. The van der Waals surface area contributed by atoms with Crippen LogP contribution in [0, 0.1) is 0 Å². The minimum absolute atomic E-state index is 0.0156. The van der Waals surface area contributed by atoms with E-state index in [0.717, 1.165) is 5.06 Å². The van der Waals surface area contributed by atoms with E-state index in [1.165, 1.54) is 0 Å². The minimum Gasteiger partial charge on any atom is -0.414 e. The number of benzene rings is 1. The van der Waals surface area contributed by atoms with Crippen molar-refractivity contribution in [3.05, 3.63) is 35.4 Å². The molecule has 8 heteroatoms. The maximum atomic E-state index is 12.5. The topological polar surface area (TPSA) is 65.1 Å². The summed E-state index contributed by atoms with van der Waals surface area (Å²) in [6.07, 6.45) is -0.0933. The molecule has 3 atom stereocenters. The summed E-state index contributed by atoms with van der Waals surface area (Å²) in [7, 11) is 0.0332. The number of ether oxygens (including phenoxy) is 1. The molecule has 0 aliphatic carbocycles. The molecule has 6 nitrogen and oxygen atoms in total. The zero-order valence-corrected chi connectivity index (χ0v) is 17.9. The van der Waals surface area contributed by atoms with E-state index in [0.29, 0.717) is 24.2 Å². The van der Waals surface area contributed by atoms with E-state index in [1.807, 2.05) is 7.85 Å². The predicted octanol–water partition coefficient (Wildman–Crippen LogP) is 2.35. The number of amides is 2. The molecule has 2 aliphatic rings. The van der Waals surface area contributed by atoms with E-state index in [4.69, 9.17) is 14.0 Å². The summed E-state index contributed by atoms with van der Waals surface area (Å²) in [5, 5.41) is 0.978. The van der Waals surface area contributed by atoms with Crippen LogP contribution in [0.4, 0.5) is 0 Å². The SMILES string of the molecule is B[C@H]1CC(ON2C(=O)c3ccccc3C2=O)[C@@H](CO[Si](C)(C)C(C)(C)C)O1. The average molecular weight is 389 g/mol. The van der Waals surface area contributed by atoms with Crippen molar-refractivity contribution in [1.29, 1.82) is 0 Å². The van der Waals surface area contributed by atoms with Crippen molar-refractivity contribution < 1.29 is 23.6 Å². The van der Waals surface area contributed by atoms with Crippen LogP contribution < -0.4 is 0 Å². The molecule has 2 aliphatic heterocycles. The highest BCUT2D eigenvalue weighted by Gasteiger charge is 2.44. The number of hydrogen-bond donors (Lipinski definition) is 0. The fraction of sp³-hybridized carbons (Fsp3) is 0.579. The number of hydroxylamine groups is 2. The van der Waals surface area contributed by atoms with Crippen LogP contribution in [-0.2, 0) is 14.0 Å². The predicted molar refractivity (Wildman–Crippen MR) is 107 cm³/mol. The Balaban J connectivity index is 1.69. The number of carbonyl (C=O) groups excluding carboxylic acids is 2. The Hall–Kier alpha value is -1.48. The van der Waals surface area contributed by atoms with Gasteiger partial charge in [-0.25, -0.2) is 0 Å². The molecule has 0 spiro atoms. The van der Waals surface area contributed by atoms with E-state index >= 15 is 0 Å². The first-order chi connectivity index (χ1) is 12.5. The average Bonchev–Trinajstić information content (AvgIpc) is 3.05. The maximum Gasteiger partial charge on any atom is 0.285 e. The molecule has 1 aromatic rings. The van der Waals surface area contributed by atoms with Crippen LogP contribution in [0.5, 0.6) is 0 Å². The second-order valence-corrected chi connectivity index (χ2v) is 13.7. The van der Waals surface area contributed by atoms with Crippen LogP contribution in [0.1, 0.15) is 47.9 Å². The van der Waals surface area contributed by atoms with Crippen molar-refractivity contribution in [2.45, 2.75) is 63.5 Å². The quantitative estimate of drug-likeness (QED) is 0.572. The van der Waals surface area contributed by atoms with Gasteiger partial charge < -0.3 is 9.16 Å². The molecule has 3 rings (SSSR count). The molecule has 1 aromatic carbocycles. The normalized spacial score (nSPS) is 26.0. The first-order valence-electron chi connectivity index (χ1n) is 9.45. The molecule has 0 radical (unpaired) electrons. The minimum atomic E-state index is -1.93. The number of carbonyl (C=O) groups is 2. The van der Waals surface area contributed by atoms with Gasteiger partial charge in [0.1, 0.15) is 20.1 Å². The van der Waals surface area contributed by atoms with Crippen molar-refractivity contribution in [3.63, 3.8) is 0 Å². The molecule has 1 saturated heterocycles. The lowest BCUT2D eigenvalue weighted by Gasteiger charge is -2.37. The Bertz CT molecular complexity index is 713. The lowest BCUT2D eigenvalue weighted by atomic mass is 9.96. The third-order valence-electron chi connectivity index (χ3n) is 5.80. The highest BCUT2D eigenvalue weighted by molar-refractivity contribution is 6.74. The van der Waals surface area contributed by atoms with Gasteiger partial charge in [0.15, 0.2) is 8.32 Å². The Labute approximate surface area is 162 Å². The molecular weight excluding hydrogens is 361 g/mol. The van der Waals surface area contributed by atoms with E-state index in [-0.39, 0.29) is 17.1 Å². The third kappa shape index (κ3) is 3.89. The molecular formula is C19H28BNO5Si. The zero-order chi connectivity index (χ0) is 20.0.